The van der Waals surface area contributed by atoms with Gasteiger partial charge in [0.25, 0.3) is 0 Å². The zero-order chi connectivity index (χ0) is 28.6. The molecule has 3 rings (SSSR count). The predicted octanol–water partition coefficient (Wildman–Crippen LogP) is 6.55. The van der Waals surface area contributed by atoms with Crippen LogP contribution in [0.2, 0.25) is 0 Å². The van der Waals surface area contributed by atoms with Gasteiger partial charge in [0.2, 0.25) is 0 Å². The zero-order valence-electron chi connectivity index (χ0n) is 21.2. The van der Waals surface area contributed by atoms with Gasteiger partial charge < -0.3 is 19.3 Å². The minimum absolute atomic E-state index is 0.181. The van der Waals surface area contributed by atoms with Crippen molar-refractivity contribution in [1.82, 2.24) is 0 Å². The Kier molecular flexibility index (Phi) is 11.9. The Bertz CT molecular complexity index is 1350. The molecule has 7 nitrogen and oxygen atoms in total. The first kappa shape index (κ1) is 29.8. The van der Waals surface area contributed by atoms with Crippen molar-refractivity contribution in [3.05, 3.63) is 135 Å². The fourth-order valence-corrected chi connectivity index (χ4v) is 3.01. The predicted molar refractivity (Wildman–Crippen MR) is 151 cm³/mol. The van der Waals surface area contributed by atoms with Crippen LogP contribution in [0.4, 0.5) is 0 Å². The van der Waals surface area contributed by atoms with E-state index in [0.717, 1.165) is 34.6 Å². The molecule has 0 saturated heterocycles. The summed E-state index contributed by atoms with van der Waals surface area (Å²) in [5, 5.41) is 7.60. The monoisotopic (exact) mass is 524 g/mol. The topological polar surface area (TPSA) is 99.1 Å². The van der Waals surface area contributed by atoms with Crippen LogP contribution in [0.15, 0.2) is 135 Å². The van der Waals surface area contributed by atoms with Gasteiger partial charge in [-0.25, -0.2) is 14.4 Å². The number of carbonyl (C=O) groups is 3. The van der Waals surface area contributed by atoms with Crippen molar-refractivity contribution in [2.24, 2.45) is 0 Å². The largest absolute Gasteiger partial charge is 0.482 e. The van der Waals surface area contributed by atoms with Crippen molar-refractivity contribution in [3.8, 4) is 33.8 Å². The average Bonchev–Trinajstić information content (AvgIpc) is 2.96. The molecule has 0 aliphatic heterocycles. The molecule has 1 N–H and O–H groups in total. The molecule has 7 heteroatoms. The number of benzene rings is 3. The molecule has 0 aliphatic carbocycles. The lowest BCUT2D eigenvalue weighted by atomic mass is 10.0. The molecule has 0 unspecified atom stereocenters. The van der Waals surface area contributed by atoms with Crippen LogP contribution in [-0.2, 0) is 19.1 Å². The number of esters is 2. The van der Waals surface area contributed by atoms with E-state index >= 15 is 0 Å². The third-order valence-electron chi connectivity index (χ3n) is 4.91. The molecule has 0 bridgehead atoms. The van der Waals surface area contributed by atoms with Crippen LogP contribution in [0.5, 0.6) is 11.5 Å². The molecule has 198 valence electrons. The molecule has 3 aromatic rings. The van der Waals surface area contributed by atoms with E-state index in [-0.39, 0.29) is 12.2 Å². The number of carbonyl (C=O) groups excluding carboxylic acids is 2. The van der Waals surface area contributed by atoms with E-state index in [1.807, 2.05) is 48.5 Å². The van der Waals surface area contributed by atoms with Crippen LogP contribution < -0.4 is 9.47 Å². The lowest BCUT2D eigenvalue weighted by Gasteiger charge is -2.08. The summed E-state index contributed by atoms with van der Waals surface area (Å²) in [5.41, 5.74) is 4.32. The molecule has 0 aromatic heterocycles. The normalized spacial score (nSPS) is 9.85. The Morgan fingerprint density at radius 1 is 0.744 bits per heavy atom. The zero-order valence-corrected chi connectivity index (χ0v) is 21.2. The molecule has 0 heterocycles. The highest BCUT2D eigenvalue weighted by atomic mass is 16.6. The second kappa shape index (κ2) is 15.6. The Morgan fingerprint density at radius 2 is 1.18 bits per heavy atom. The highest BCUT2D eigenvalue weighted by molar-refractivity contribution is 5.92. The summed E-state index contributed by atoms with van der Waals surface area (Å²) in [6.45, 7) is 13.3. The molecule has 39 heavy (non-hydrogen) atoms. The number of ether oxygens (including phenoxy) is 3. The second-order valence-corrected chi connectivity index (χ2v) is 7.62. The molecule has 0 aliphatic rings. The molecule has 0 spiro atoms. The van der Waals surface area contributed by atoms with Crippen LogP contribution in [0.3, 0.4) is 0 Å². The lowest BCUT2D eigenvalue weighted by Crippen LogP contribution is -2.11. The summed E-state index contributed by atoms with van der Waals surface area (Å²) < 4.78 is 15.3. The van der Waals surface area contributed by atoms with Crippen LogP contribution in [0.1, 0.15) is 0 Å². The van der Waals surface area contributed by atoms with Crippen molar-refractivity contribution in [1.29, 1.82) is 0 Å². The van der Waals surface area contributed by atoms with Crippen molar-refractivity contribution < 1.29 is 33.7 Å². The second-order valence-electron chi connectivity index (χ2n) is 7.62. The average molecular weight is 525 g/mol. The highest BCUT2D eigenvalue weighted by Gasteiger charge is 2.08. The SMILES string of the molecule is C=C/C=C\C(=C)C(=O)Oc1ccc(-c2ccc(-c3ccc(OCC(=O)OC=C)cc3)cc2)cc1.C=CC(=O)O. The first-order valence-corrected chi connectivity index (χ1v) is 11.6. The third-order valence-corrected chi connectivity index (χ3v) is 4.91. The summed E-state index contributed by atoms with van der Waals surface area (Å²) in [6, 6.07) is 22.8. The van der Waals surface area contributed by atoms with E-state index in [4.69, 9.17) is 14.6 Å². The van der Waals surface area contributed by atoms with E-state index < -0.39 is 17.9 Å². The number of rotatable bonds is 11. The van der Waals surface area contributed by atoms with Crippen molar-refractivity contribution in [3.63, 3.8) is 0 Å². The highest BCUT2D eigenvalue weighted by Crippen LogP contribution is 2.27. The molecule has 0 atom stereocenters. The van der Waals surface area contributed by atoms with Gasteiger partial charge in [-0.15, -0.1) is 0 Å². The number of aliphatic carboxylic acids is 1. The fourth-order valence-electron chi connectivity index (χ4n) is 3.01. The summed E-state index contributed by atoms with van der Waals surface area (Å²) in [7, 11) is 0. The van der Waals surface area contributed by atoms with Crippen LogP contribution in [-0.4, -0.2) is 29.6 Å². The van der Waals surface area contributed by atoms with Crippen molar-refractivity contribution >= 4 is 17.9 Å². The van der Waals surface area contributed by atoms with Gasteiger partial charge in [0.15, 0.2) is 6.61 Å². The van der Waals surface area contributed by atoms with Gasteiger partial charge in [-0.3, -0.25) is 0 Å². The quantitative estimate of drug-likeness (QED) is 0.0999. The molecular formula is C32H28O7. The van der Waals surface area contributed by atoms with E-state index in [2.05, 4.69) is 31.1 Å². The third kappa shape index (κ3) is 10.2. The van der Waals surface area contributed by atoms with Crippen molar-refractivity contribution in [2.75, 3.05) is 6.61 Å². The maximum Gasteiger partial charge on any atom is 0.348 e. The van der Waals surface area contributed by atoms with Gasteiger partial charge in [0.05, 0.1) is 11.8 Å². The Labute approximate surface area is 227 Å². The Hall–Kier alpha value is -5.43. The summed E-state index contributed by atoms with van der Waals surface area (Å²) in [6.07, 6.45) is 6.64. The number of carboxylic acids is 1. The summed E-state index contributed by atoms with van der Waals surface area (Å²) in [5.74, 6) is -0.985. The van der Waals surface area contributed by atoms with Crippen LogP contribution in [0.25, 0.3) is 22.3 Å². The minimum atomic E-state index is -0.981. The smallest absolute Gasteiger partial charge is 0.348 e. The first-order chi connectivity index (χ1) is 18.8. The van der Waals surface area contributed by atoms with Gasteiger partial charge in [-0.1, -0.05) is 87.0 Å². The van der Waals surface area contributed by atoms with Gasteiger partial charge in [-0.05, 0) is 52.6 Å². The Morgan fingerprint density at radius 3 is 1.59 bits per heavy atom. The van der Waals surface area contributed by atoms with Gasteiger partial charge in [0, 0.05) is 6.08 Å². The molecule has 0 fully saturated rings. The van der Waals surface area contributed by atoms with E-state index in [1.54, 1.807) is 42.5 Å². The molecule has 3 aromatic carbocycles. The number of hydrogen-bond donors (Lipinski definition) is 1. The molecule has 0 radical (unpaired) electrons. The lowest BCUT2D eigenvalue weighted by molar-refractivity contribution is -0.140. The number of allylic oxidation sites excluding steroid dienone is 2. The number of hydrogen-bond acceptors (Lipinski definition) is 6. The number of carboxylic acid groups (broad SMARTS) is 1. The first-order valence-electron chi connectivity index (χ1n) is 11.6. The minimum Gasteiger partial charge on any atom is -0.482 e. The Balaban J connectivity index is 0.000000976. The molecule has 0 amide bonds. The van der Waals surface area contributed by atoms with E-state index in [1.165, 1.54) is 0 Å². The van der Waals surface area contributed by atoms with Gasteiger partial charge in [0.1, 0.15) is 11.5 Å². The molecular weight excluding hydrogens is 496 g/mol. The summed E-state index contributed by atoms with van der Waals surface area (Å²) in [4.78, 5) is 32.6. The van der Waals surface area contributed by atoms with Crippen LogP contribution >= 0.6 is 0 Å². The standard InChI is InChI=1S/C29H24O5.C3H4O2/c1-4-6-7-21(3)29(31)34-27-18-14-25(15-19-27)23-10-8-22(9-11-23)24-12-16-26(17-13-24)33-20-28(30)32-5-2;1-2-3(4)5/h4-19H,1-3,20H2;2H,1H2,(H,4,5)/b7-6-;. The fraction of sp³-hybridized carbons (Fsp3) is 0.0312. The molecule has 0 saturated carbocycles. The van der Waals surface area contributed by atoms with Gasteiger partial charge >= 0.3 is 17.9 Å². The van der Waals surface area contributed by atoms with Crippen LogP contribution in [0, 0.1) is 0 Å². The van der Waals surface area contributed by atoms with Crippen molar-refractivity contribution in [2.45, 2.75) is 0 Å². The maximum atomic E-state index is 12.0. The summed E-state index contributed by atoms with van der Waals surface area (Å²) >= 11 is 0. The van der Waals surface area contributed by atoms with E-state index in [9.17, 15) is 14.4 Å². The van der Waals surface area contributed by atoms with E-state index in [0.29, 0.717) is 11.5 Å². The maximum absolute atomic E-state index is 12.0. The van der Waals surface area contributed by atoms with Gasteiger partial charge in [-0.2, -0.15) is 0 Å².